The van der Waals surface area contributed by atoms with Gasteiger partial charge in [0, 0.05) is 31.0 Å². The highest BCUT2D eigenvalue weighted by molar-refractivity contribution is 6.05. The van der Waals surface area contributed by atoms with Crippen molar-refractivity contribution >= 4 is 29.7 Å². The van der Waals surface area contributed by atoms with Crippen LogP contribution in [0.2, 0.25) is 0 Å². The lowest BCUT2D eigenvalue weighted by Gasteiger charge is -2.06. The van der Waals surface area contributed by atoms with Gasteiger partial charge in [-0.15, -0.1) is 12.4 Å². The van der Waals surface area contributed by atoms with Crippen LogP contribution in [0.3, 0.4) is 0 Å². The van der Waals surface area contributed by atoms with Gasteiger partial charge in [0.05, 0.1) is 11.4 Å². The first-order valence-corrected chi connectivity index (χ1v) is 6.88. The number of amides is 1. The van der Waals surface area contributed by atoms with Crippen molar-refractivity contribution in [2.24, 2.45) is 7.05 Å². The number of rotatable bonds is 3. The van der Waals surface area contributed by atoms with E-state index in [-0.39, 0.29) is 18.3 Å². The Kier molecular flexibility index (Phi) is 4.53. The second kappa shape index (κ2) is 6.18. The van der Waals surface area contributed by atoms with Crippen molar-refractivity contribution in [1.29, 1.82) is 0 Å². The Morgan fingerprint density at radius 3 is 3.05 bits per heavy atom. The summed E-state index contributed by atoms with van der Waals surface area (Å²) >= 11 is 0. The van der Waals surface area contributed by atoms with E-state index in [9.17, 15) is 4.79 Å². The quantitative estimate of drug-likeness (QED) is 0.916. The molecule has 0 unspecified atom stereocenters. The smallest absolute Gasteiger partial charge is 0.255 e. The van der Waals surface area contributed by atoms with Crippen LogP contribution in [0.5, 0.6) is 0 Å². The maximum absolute atomic E-state index is 12.3. The van der Waals surface area contributed by atoms with Crippen molar-refractivity contribution in [2.75, 3.05) is 17.2 Å². The predicted molar refractivity (Wildman–Crippen MR) is 86.4 cm³/mol. The van der Waals surface area contributed by atoms with Crippen LogP contribution in [0.25, 0.3) is 0 Å². The maximum Gasteiger partial charge on any atom is 0.255 e. The molecule has 0 bridgehead atoms. The fourth-order valence-corrected chi connectivity index (χ4v) is 2.54. The van der Waals surface area contributed by atoms with Crippen molar-refractivity contribution in [3.05, 3.63) is 41.2 Å². The first-order chi connectivity index (χ1) is 9.67. The number of carbonyl (C=O) groups is 1. The molecule has 1 aromatic heterocycles. The second-order valence-electron chi connectivity index (χ2n) is 5.02. The minimum atomic E-state index is -0.0811. The Bertz CT molecular complexity index is 666. The van der Waals surface area contributed by atoms with Crippen LogP contribution in [0, 0.1) is 0 Å². The molecule has 1 aliphatic rings. The number of aromatic nitrogens is 2. The van der Waals surface area contributed by atoms with Crippen LogP contribution in [0.1, 0.15) is 28.5 Å². The van der Waals surface area contributed by atoms with Crippen molar-refractivity contribution < 1.29 is 4.79 Å². The zero-order valence-electron chi connectivity index (χ0n) is 12.1. The molecule has 1 aliphatic heterocycles. The lowest BCUT2D eigenvalue weighted by molar-refractivity contribution is 0.102. The number of halogens is 1. The SMILES string of the molecule is CCc1nn(C)cc1NC(=O)c1ccc2c(c1)CCN2.Cl. The molecule has 2 heterocycles. The molecule has 0 saturated carbocycles. The number of fused-ring (bicyclic) bond motifs is 1. The Labute approximate surface area is 130 Å². The van der Waals surface area contributed by atoms with Crippen molar-refractivity contribution in [1.82, 2.24) is 9.78 Å². The number of nitrogens with zero attached hydrogens (tertiary/aromatic N) is 2. The Morgan fingerprint density at radius 2 is 2.29 bits per heavy atom. The summed E-state index contributed by atoms with van der Waals surface area (Å²) in [4.78, 5) is 12.3. The second-order valence-corrected chi connectivity index (χ2v) is 5.02. The van der Waals surface area contributed by atoms with Gasteiger partial charge in [-0.05, 0) is 36.6 Å². The number of hydrogen-bond acceptors (Lipinski definition) is 3. The van der Waals surface area contributed by atoms with Gasteiger partial charge in [-0.1, -0.05) is 6.92 Å². The topological polar surface area (TPSA) is 59.0 Å². The molecule has 112 valence electrons. The average molecular weight is 307 g/mol. The van der Waals surface area contributed by atoms with E-state index in [1.165, 1.54) is 5.56 Å². The standard InChI is InChI=1S/C15H18N4O.ClH/c1-3-12-14(9-19(2)18-12)17-15(20)11-4-5-13-10(8-11)6-7-16-13;/h4-5,8-9,16H,3,6-7H2,1-2H3,(H,17,20);1H. The van der Waals surface area contributed by atoms with Crippen LogP contribution >= 0.6 is 12.4 Å². The molecular formula is C15H19ClN4O. The molecule has 5 nitrogen and oxygen atoms in total. The molecular weight excluding hydrogens is 288 g/mol. The molecule has 0 fully saturated rings. The predicted octanol–water partition coefficient (Wildman–Crippen LogP) is 2.62. The zero-order valence-corrected chi connectivity index (χ0v) is 13.0. The van der Waals surface area contributed by atoms with Gasteiger partial charge in [0.15, 0.2) is 0 Å². The van der Waals surface area contributed by atoms with Gasteiger partial charge in [-0.3, -0.25) is 9.48 Å². The van der Waals surface area contributed by atoms with Gasteiger partial charge in [-0.2, -0.15) is 5.10 Å². The number of aryl methyl sites for hydroxylation is 2. The van der Waals surface area contributed by atoms with Crippen LogP contribution in [-0.4, -0.2) is 22.2 Å². The Morgan fingerprint density at radius 1 is 1.48 bits per heavy atom. The van der Waals surface area contributed by atoms with Gasteiger partial charge in [0.25, 0.3) is 5.91 Å². The van der Waals surface area contributed by atoms with Crippen molar-refractivity contribution in [3.8, 4) is 0 Å². The summed E-state index contributed by atoms with van der Waals surface area (Å²) in [6.45, 7) is 2.97. The van der Waals surface area contributed by atoms with E-state index < -0.39 is 0 Å². The molecule has 2 N–H and O–H groups in total. The number of anilines is 2. The summed E-state index contributed by atoms with van der Waals surface area (Å²) in [7, 11) is 1.86. The van der Waals surface area contributed by atoms with Gasteiger partial charge in [0.1, 0.15) is 0 Å². The van der Waals surface area contributed by atoms with Gasteiger partial charge >= 0.3 is 0 Å². The third kappa shape index (κ3) is 3.03. The Balaban J connectivity index is 0.00000161. The van der Waals surface area contributed by atoms with Crippen molar-refractivity contribution in [2.45, 2.75) is 19.8 Å². The monoisotopic (exact) mass is 306 g/mol. The van der Waals surface area contributed by atoms with Crippen LogP contribution < -0.4 is 10.6 Å². The van der Waals surface area contributed by atoms with E-state index in [1.54, 1.807) is 4.68 Å². The first kappa shape index (κ1) is 15.4. The molecule has 2 aromatic rings. The van der Waals surface area contributed by atoms with Gasteiger partial charge in [0.2, 0.25) is 0 Å². The summed E-state index contributed by atoms with van der Waals surface area (Å²) in [5, 5.41) is 10.6. The third-order valence-electron chi connectivity index (χ3n) is 3.57. The molecule has 1 amide bonds. The van der Waals surface area contributed by atoms with E-state index in [4.69, 9.17) is 0 Å². The highest BCUT2D eigenvalue weighted by Gasteiger charge is 2.15. The lowest BCUT2D eigenvalue weighted by Crippen LogP contribution is -2.12. The molecule has 0 radical (unpaired) electrons. The average Bonchev–Trinajstić information content (AvgIpc) is 3.03. The zero-order chi connectivity index (χ0) is 14.1. The van der Waals surface area contributed by atoms with Crippen molar-refractivity contribution in [3.63, 3.8) is 0 Å². The highest BCUT2D eigenvalue weighted by Crippen LogP contribution is 2.23. The summed E-state index contributed by atoms with van der Waals surface area (Å²) in [5.74, 6) is -0.0811. The number of nitrogens with one attached hydrogen (secondary N) is 2. The molecule has 0 saturated heterocycles. The number of carbonyl (C=O) groups excluding carboxylic acids is 1. The minimum Gasteiger partial charge on any atom is -0.384 e. The maximum atomic E-state index is 12.3. The third-order valence-corrected chi connectivity index (χ3v) is 3.57. The Hall–Kier alpha value is -2.01. The van der Waals surface area contributed by atoms with Gasteiger partial charge < -0.3 is 10.6 Å². The summed E-state index contributed by atoms with van der Waals surface area (Å²) in [6.07, 6.45) is 3.61. The minimum absolute atomic E-state index is 0. The molecule has 21 heavy (non-hydrogen) atoms. The number of hydrogen-bond donors (Lipinski definition) is 2. The molecule has 0 aliphatic carbocycles. The van der Waals surface area contributed by atoms with Crippen LogP contribution in [-0.2, 0) is 19.9 Å². The fraction of sp³-hybridized carbons (Fsp3) is 0.333. The molecule has 0 spiro atoms. The van der Waals surface area contributed by atoms with Gasteiger partial charge in [-0.25, -0.2) is 0 Å². The van der Waals surface area contributed by atoms with E-state index in [0.29, 0.717) is 5.56 Å². The first-order valence-electron chi connectivity index (χ1n) is 6.88. The normalized spacial score (nSPS) is 12.3. The summed E-state index contributed by atoms with van der Waals surface area (Å²) in [6, 6.07) is 5.79. The van der Waals surface area contributed by atoms with E-state index in [1.807, 2.05) is 38.4 Å². The lowest BCUT2D eigenvalue weighted by atomic mass is 10.1. The van der Waals surface area contributed by atoms with E-state index in [0.717, 1.165) is 36.5 Å². The molecule has 3 rings (SSSR count). The van der Waals surface area contributed by atoms with Crippen LogP contribution in [0.15, 0.2) is 24.4 Å². The number of benzene rings is 1. The molecule has 6 heteroatoms. The highest BCUT2D eigenvalue weighted by atomic mass is 35.5. The van der Waals surface area contributed by atoms with E-state index in [2.05, 4.69) is 15.7 Å². The van der Waals surface area contributed by atoms with Crippen LogP contribution in [0.4, 0.5) is 11.4 Å². The summed E-state index contributed by atoms with van der Waals surface area (Å²) < 4.78 is 1.72. The molecule has 0 atom stereocenters. The summed E-state index contributed by atoms with van der Waals surface area (Å²) in [5.41, 5.74) is 4.73. The van der Waals surface area contributed by atoms with E-state index >= 15 is 0 Å². The largest absolute Gasteiger partial charge is 0.384 e. The fourth-order valence-electron chi connectivity index (χ4n) is 2.54. The molecule has 1 aromatic carbocycles.